The van der Waals surface area contributed by atoms with Crippen molar-refractivity contribution in [3.63, 3.8) is 0 Å². The summed E-state index contributed by atoms with van der Waals surface area (Å²) in [6, 6.07) is 12.3. The van der Waals surface area contributed by atoms with E-state index in [4.69, 9.17) is 11.6 Å². The number of hydrogen-bond donors (Lipinski definition) is 2. The van der Waals surface area contributed by atoms with Crippen LogP contribution < -0.4 is 10.6 Å². The van der Waals surface area contributed by atoms with Crippen LogP contribution in [0.1, 0.15) is 12.0 Å². The van der Waals surface area contributed by atoms with Gasteiger partial charge in [-0.15, -0.1) is 0 Å². The van der Waals surface area contributed by atoms with Crippen LogP contribution in [0.15, 0.2) is 46.9 Å². The van der Waals surface area contributed by atoms with E-state index in [1.165, 1.54) is 0 Å². The van der Waals surface area contributed by atoms with Crippen molar-refractivity contribution in [1.82, 2.24) is 0 Å². The van der Waals surface area contributed by atoms with Crippen molar-refractivity contribution in [3.05, 3.63) is 57.5 Å². The summed E-state index contributed by atoms with van der Waals surface area (Å²) in [5.74, 6) is -0.764. The normalized spacial score (nSPS) is 10.1. The summed E-state index contributed by atoms with van der Waals surface area (Å²) in [6.45, 7) is 1.88. The van der Waals surface area contributed by atoms with Crippen LogP contribution in [0.2, 0.25) is 5.02 Å². The highest BCUT2D eigenvalue weighted by atomic mass is 79.9. The Bertz CT molecular complexity index is 719. The van der Waals surface area contributed by atoms with E-state index < -0.39 is 5.91 Å². The minimum atomic E-state index is -0.394. The molecule has 2 aromatic rings. The van der Waals surface area contributed by atoms with Gasteiger partial charge in [0, 0.05) is 20.9 Å². The van der Waals surface area contributed by atoms with Gasteiger partial charge in [0.2, 0.25) is 11.8 Å². The lowest BCUT2D eigenvalue weighted by atomic mass is 10.2. The first-order valence-corrected chi connectivity index (χ1v) is 7.72. The maximum atomic E-state index is 11.9. The van der Waals surface area contributed by atoms with E-state index in [0.717, 1.165) is 10.0 Å². The summed E-state index contributed by atoms with van der Waals surface area (Å²) in [5, 5.41) is 5.87. The topological polar surface area (TPSA) is 58.2 Å². The number of aryl methyl sites for hydroxylation is 1. The minimum absolute atomic E-state index is 0.262. The summed E-state index contributed by atoms with van der Waals surface area (Å²) in [5.41, 5.74) is 2.16. The summed E-state index contributed by atoms with van der Waals surface area (Å²) in [4.78, 5) is 23.7. The molecular formula is C16H14BrClN2O2. The second kappa shape index (κ2) is 7.42. The van der Waals surface area contributed by atoms with Gasteiger partial charge in [0.1, 0.15) is 6.42 Å². The monoisotopic (exact) mass is 380 g/mol. The lowest BCUT2D eigenvalue weighted by Crippen LogP contribution is -2.21. The van der Waals surface area contributed by atoms with Gasteiger partial charge in [-0.05, 0) is 48.9 Å². The molecule has 0 fully saturated rings. The SMILES string of the molecule is Cc1cc(Br)ccc1NC(=O)CC(=O)Nc1cccc(Cl)c1. The Hall–Kier alpha value is -1.85. The third-order valence-corrected chi connectivity index (χ3v) is 3.62. The first kappa shape index (κ1) is 16.5. The van der Waals surface area contributed by atoms with Crippen molar-refractivity contribution in [3.8, 4) is 0 Å². The summed E-state index contributed by atoms with van der Waals surface area (Å²) in [6.07, 6.45) is -0.262. The van der Waals surface area contributed by atoms with Crippen LogP contribution in [-0.2, 0) is 9.59 Å². The highest BCUT2D eigenvalue weighted by molar-refractivity contribution is 9.10. The van der Waals surface area contributed by atoms with Crippen LogP contribution in [0.5, 0.6) is 0 Å². The van der Waals surface area contributed by atoms with Gasteiger partial charge in [-0.1, -0.05) is 33.6 Å². The Kier molecular flexibility index (Phi) is 5.57. The number of rotatable bonds is 4. The largest absolute Gasteiger partial charge is 0.326 e. The van der Waals surface area contributed by atoms with Gasteiger partial charge >= 0.3 is 0 Å². The molecule has 0 heterocycles. The third-order valence-electron chi connectivity index (χ3n) is 2.89. The molecule has 0 saturated heterocycles. The number of amides is 2. The van der Waals surface area contributed by atoms with Crippen LogP contribution in [0.25, 0.3) is 0 Å². The van der Waals surface area contributed by atoms with Gasteiger partial charge < -0.3 is 10.6 Å². The molecule has 0 aliphatic carbocycles. The number of hydrogen-bond acceptors (Lipinski definition) is 2. The molecule has 0 saturated carbocycles. The highest BCUT2D eigenvalue weighted by Gasteiger charge is 2.11. The number of carbonyl (C=O) groups excluding carboxylic acids is 2. The Morgan fingerprint density at radius 3 is 2.50 bits per heavy atom. The van der Waals surface area contributed by atoms with E-state index in [1.54, 1.807) is 30.3 Å². The zero-order valence-electron chi connectivity index (χ0n) is 11.8. The quantitative estimate of drug-likeness (QED) is 0.772. The first-order valence-electron chi connectivity index (χ1n) is 6.55. The zero-order chi connectivity index (χ0) is 16.1. The van der Waals surface area contributed by atoms with E-state index in [2.05, 4.69) is 26.6 Å². The molecular weight excluding hydrogens is 368 g/mol. The molecule has 2 aromatic carbocycles. The van der Waals surface area contributed by atoms with E-state index in [0.29, 0.717) is 16.4 Å². The fourth-order valence-electron chi connectivity index (χ4n) is 1.88. The van der Waals surface area contributed by atoms with Crippen molar-refractivity contribution in [1.29, 1.82) is 0 Å². The fraction of sp³-hybridized carbons (Fsp3) is 0.125. The molecule has 2 rings (SSSR count). The highest BCUT2D eigenvalue weighted by Crippen LogP contribution is 2.20. The predicted octanol–water partition coefficient (Wildman–Crippen LogP) is 4.38. The van der Waals surface area contributed by atoms with Crippen molar-refractivity contribution < 1.29 is 9.59 Å². The molecule has 0 radical (unpaired) electrons. The lowest BCUT2D eigenvalue weighted by molar-refractivity contribution is -0.123. The average Bonchev–Trinajstić information content (AvgIpc) is 2.41. The van der Waals surface area contributed by atoms with Gasteiger partial charge in [-0.2, -0.15) is 0 Å². The van der Waals surface area contributed by atoms with Crippen molar-refractivity contribution in [2.75, 3.05) is 10.6 Å². The summed E-state index contributed by atoms with van der Waals surface area (Å²) < 4.78 is 0.932. The summed E-state index contributed by atoms with van der Waals surface area (Å²) >= 11 is 9.20. The molecule has 0 aliphatic heterocycles. The molecule has 0 aliphatic rings. The molecule has 0 atom stereocenters. The van der Waals surface area contributed by atoms with E-state index in [-0.39, 0.29) is 12.3 Å². The maximum Gasteiger partial charge on any atom is 0.233 e. The standard InChI is InChI=1S/C16H14BrClN2O2/c1-10-7-11(17)5-6-14(10)20-16(22)9-15(21)19-13-4-2-3-12(18)8-13/h2-8H,9H2,1H3,(H,19,21)(H,20,22). The Balaban J connectivity index is 1.92. The van der Waals surface area contributed by atoms with Gasteiger partial charge in [0.15, 0.2) is 0 Å². The number of nitrogens with one attached hydrogen (secondary N) is 2. The van der Waals surface area contributed by atoms with Gasteiger partial charge in [0.25, 0.3) is 0 Å². The van der Waals surface area contributed by atoms with E-state index in [1.807, 2.05) is 19.1 Å². The summed E-state index contributed by atoms with van der Waals surface area (Å²) in [7, 11) is 0. The molecule has 6 heteroatoms. The molecule has 2 amide bonds. The molecule has 0 unspecified atom stereocenters. The molecule has 22 heavy (non-hydrogen) atoms. The van der Waals surface area contributed by atoms with Crippen molar-refractivity contribution >= 4 is 50.7 Å². The molecule has 0 aromatic heterocycles. The van der Waals surface area contributed by atoms with Crippen LogP contribution >= 0.6 is 27.5 Å². The Labute approximate surface area is 142 Å². The average molecular weight is 382 g/mol. The van der Waals surface area contributed by atoms with Crippen LogP contribution in [0.3, 0.4) is 0 Å². The second-order valence-corrected chi connectivity index (χ2v) is 6.09. The zero-order valence-corrected chi connectivity index (χ0v) is 14.2. The molecule has 4 nitrogen and oxygen atoms in total. The van der Waals surface area contributed by atoms with Gasteiger partial charge in [-0.25, -0.2) is 0 Å². The molecule has 2 N–H and O–H groups in total. The minimum Gasteiger partial charge on any atom is -0.326 e. The van der Waals surface area contributed by atoms with Crippen LogP contribution in [0.4, 0.5) is 11.4 Å². The predicted molar refractivity (Wildman–Crippen MR) is 92.2 cm³/mol. The van der Waals surface area contributed by atoms with Crippen molar-refractivity contribution in [2.45, 2.75) is 13.3 Å². The number of benzene rings is 2. The molecule has 114 valence electrons. The Morgan fingerprint density at radius 2 is 1.82 bits per heavy atom. The third kappa shape index (κ3) is 4.86. The van der Waals surface area contributed by atoms with E-state index >= 15 is 0 Å². The first-order chi connectivity index (χ1) is 10.4. The van der Waals surface area contributed by atoms with E-state index in [9.17, 15) is 9.59 Å². The van der Waals surface area contributed by atoms with Gasteiger partial charge in [0.05, 0.1) is 0 Å². The number of carbonyl (C=O) groups is 2. The van der Waals surface area contributed by atoms with Crippen LogP contribution in [-0.4, -0.2) is 11.8 Å². The number of anilines is 2. The Morgan fingerprint density at radius 1 is 1.09 bits per heavy atom. The maximum absolute atomic E-state index is 11.9. The lowest BCUT2D eigenvalue weighted by Gasteiger charge is -2.09. The fourth-order valence-corrected chi connectivity index (χ4v) is 2.54. The van der Waals surface area contributed by atoms with Crippen molar-refractivity contribution in [2.24, 2.45) is 0 Å². The van der Waals surface area contributed by atoms with Crippen LogP contribution in [0, 0.1) is 6.92 Å². The number of halogens is 2. The smallest absolute Gasteiger partial charge is 0.233 e. The second-order valence-electron chi connectivity index (χ2n) is 4.74. The molecule has 0 bridgehead atoms. The van der Waals surface area contributed by atoms with Gasteiger partial charge in [-0.3, -0.25) is 9.59 Å². The molecule has 0 spiro atoms.